The molecule has 0 aliphatic heterocycles. The van der Waals surface area contributed by atoms with Crippen LogP contribution in [0.1, 0.15) is 20.8 Å². The quantitative estimate of drug-likeness (QED) is 0.445. The zero-order valence-electron chi connectivity index (χ0n) is 8.39. The van der Waals surface area contributed by atoms with Crippen molar-refractivity contribution in [3.05, 3.63) is 0 Å². The Bertz CT molecular complexity index is 68.6. The third-order valence-electron chi connectivity index (χ3n) is 0.908. The van der Waals surface area contributed by atoms with Gasteiger partial charge < -0.3 is 36.2 Å². The fourth-order valence-corrected chi connectivity index (χ4v) is 1.66. The van der Waals surface area contributed by atoms with Gasteiger partial charge in [0.05, 0.1) is 0 Å². The van der Waals surface area contributed by atoms with Crippen molar-refractivity contribution in [3.63, 3.8) is 0 Å². The summed E-state index contributed by atoms with van der Waals surface area (Å²) in [4.78, 5) is 0. The standard InChI is InChI=1S/3C2H5O.Al.2ClH.Mg/c3*1-2-3;;;;/h3*2H2,1H3;;2*1H;/q3*-1;+3;;;+2/p-2. The van der Waals surface area contributed by atoms with E-state index < -0.39 is 15.1 Å². The molecular weight excluding hydrogens is 242 g/mol. The van der Waals surface area contributed by atoms with Gasteiger partial charge in [-0.1, -0.05) is 0 Å². The maximum Gasteiger partial charge on any atom is 2.00 e. The minimum absolute atomic E-state index is 0. The fourth-order valence-electron chi connectivity index (χ4n) is 0.553. The molecule has 0 aromatic rings. The molecule has 76 valence electrons. The van der Waals surface area contributed by atoms with Crippen LogP contribution < -0.4 is 24.8 Å². The van der Waals surface area contributed by atoms with Gasteiger partial charge in [-0.3, -0.25) is 0 Å². The van der Waals surface area contributed by atoms with E-state index in [0.717, 1.165) is 0 Å². The SMILES string of the molecule is CC[O][Al]([O]CC)[O]CC.[Cl-].[Cl-].[Mg+2]. The molecule has 0 aliphatic rings. The van der Waals surface area contributed by atoms with Crippen LogP contribution in [0.25, 0.3) is 0 Å². The van der Waals surface area contributed by atoms with E-state index in [-0.39, 0.29) is 47.9 Å². The van der Waals surface area contributed by atoms with E-state index in [0.29, 0.717) is 19.8 Å². The monoisotopic (exact) mass is 256 g/mol. The van der Waals surface area contributed by atoms with Gasteiger partial charge in [-0.05, 0) is 20.8 Å². The summed E-state index contributed by atoms with van der Waals surface area (Å²) >= 11 is -1.73. The molecule has 0 N–H and O–H groups in total. The summed E-state index contributed by atoms with van der Waals surface area (Å²) in [6.45, 7) is 7.86. The van der Waals surface area contributed by atoms with Crippen LogP contribution in [-0.2, 0) is 11.4 Å². The Morgan fingerprint density at radius 2 is 1.00 bits per heavy atom. The molecule has 0 spiro atoms. The van der Waals surface area contributed by atoms with Gasteiger partial charge in [-0.25, -0.2) is 0 Å². The maximum absolute atomic E-state index is 5.22. The molecule has 0 amide bonds. The molecule has 13 heavy (non-hydrogen) atoms. The van der Waals surface area contributed by atoms with E-state index in [4.69, 9.17) is 11.4 Å². The molecule has 3 nitrogen and oxygen atoms in total. The first kappa shape index (κ1) is 24.1. The van der Waals surface area contributed by atoms with Crippen LogP contribution in [-0.4, -0.2) is 58.0 Å². The predicted molar refractivity (Wildman–Crippen MR) is 46.4 cm³/mol. The molecule has 0 saturated heterocycles. The Labute approximate surface area is 114 Å². The summed E-state index contributed by atoms with van der Waals surface area (Å²) in [6.07, 6.45) is 0. The molecule has 0 saturated carbocycles. The van der Waals surface area contributed by atoms with Crippen LogP contribution in [0.3, 0.4) is 0 Å². The summed E-state index contributed by atoms with van der Waals surface area (Å²) in [5, 5.41) is 0. The van der Waals surface area contributed by atoms with Crippen molar-refractivity contribution in [1.29, 1.82) is 0 Å². The van der Waals surface area contributed by atoms with E-state index in [9.17, 15) is 0 Å². The van der Waals surface area contributed by atoms with E-state index >= 15 is 0 Å². The topological polar surface area (TPSA) is 27.7 Å². The number of hydrogen-bond donors (Lipinski definition) is 0. The van der Waals surface area contributed by atoms with E-state index in [1.54, 1.807) is 0 Å². The Hall–Kier alpha value is 1.76. The number of halogens is 2. The Morgan fingerprint density at radius 3 is 1.15 bits per heavy atom. The zero-order chi connectivity index (χ0) is 7.82. The second kappa shape index (κ2) is 19.3. The minimum Gasteiger partial charge on any atom is -1.00 e. The Morgan fingerprint density at radius 1 is 0.769 bits per heavy atom. The van der Waals surface area contributed by atoms with Crippen molar-refractivity contribution in [2.45, 2.75) is 20.8 Å². The first-order valence-corrected chi connectivity index (χ1v) is 5.11. The van der Waals surface area contributed by atoms with E-state index in [1.165, 1.54) is 0 Å². The summed E-state index contributed by atoms with van der Waals surface area (Å²) in [6, 6.07) is 0. The molecule has 0 bridgehead atoms. The molecule has 0 rings (SSSR count). The van der Waals surface area contributed by atoms with Gasteiger partial charge in [0.15, 0.2) is 0 Å². The average molecular weight is 257 g/mol. The molecule has 0 aromatic heterocycles. The molecule has 0 aliphatic carbocycles. The summed E-state index contributed by atoms with van der Waals surface area (Å²) in [7, 11) is 0. The van der Waals surface area contributed by atoms with Crippen LogP contribution in [0.5, 0.6) is 0 Å². The molecule has 0 radical (unpaired) electrons. The smallest absolute Gasteiger partial charge is 1.00 e. The van der Waals surface area contributed by atoms with E-state index in [2.05, 4.69) is 0 Å². The predicted octanol–water partition coefficient (Wildman–Crippen LogP) is -5.29. The maximum atomic E-state index is 5.22. The Kier molecular flexibility index (Phi) is 35.9. The molecule has 0 aromatic carbocycles. The van der Waals surface area contributed by atoms with Crippen LogP contribution in [0.2, 0.25) is 0 Å². The van der Waals surface area contributed by atoms with Gasteiger partial charge in [0, 0.05) is 19.8 Å². The molecule has 7 heteroatoms. The van der Waals surface area contributed by atoms with Gasteiger partial charge in [0.2, 0.25) is 0 Å². The van der Waals surface area contributed by atoms with Gasteiger partial charge in [-0.15, -0.1) is 0 Å². The first-order valence-electron chi connectivity index (χ1n) is 3.69. The van der Waals surface area contributed by atoms with Crippen molar-refractivity contribution in [2.24, 2.45) is 0 Å². The Balaban J connectivity index is -0.000000135. The third-order valence-corrected chi connectivity index (χ3v) is 2.72. The van der Waals surface area contributed by atoms with Gasteiger partial charge in [-0.2, -0.15) is 0 Å². The largest absolute Gasteiger partial charge is 2.00 e. The van der Waals surface area contributed by atoms with Crippen LogP contribution in [0.4, 0.5) is 0 Å². The summed E-state index contributed by atoms with van der Waals surface area (Å²) < 4.78 is 15.7. The van der Waals surface area contributed by atoms with Crippen molar-refractivity contribution < 1.29 is 36.2 Å². The molecular formula is C6H15AlCl2MgO3. The summed E-state index contributed by atoms with van der Waals surface area (Å²) in [5.41, 5.74) is 0. The molecule has 0 atom stereocenters. The van der Waals surface area contributed by atoms with Crippen molar-refractivity contribution in [1.82, 2.24) is 0 Å². The molecule has 0 unspecified atom stereocenters. The van der Waals surface area contributed by atoms with Crippen LogP contribution in [0.15, 0.2) is 0 Å². The summed E-state index contributed by atoms with van der Waals surface area (Å²) in [5.74, 6) is 0. The third kappa shape index (κ3) is 16.4. The number of rotatable bonds is 6. The van der Waals surface area contributed by atoms with Gasteiger partial charge >= 0.3 is 38.2 Å². The minimum atomic E-state index is -1.73. The van der Waals surface area contributed by atoms with Crippen LogP contribution >= 0.6 is 0 Å². The van der Waals surface area contributed by atoms with Crippen molar-refractivity contribution in [2.75, 3.05) is 19.8 Å². The molecule has 0 fully saturated rings. The van der Waals surface area contributed by atoms with Crippen molar-refractivity contribution in [3.8, 4) is 0 Å². The second-order valence-electron chi connectivity index (χ2n) is 1.65. The van der Waals surface area contributed by atoms with Gasteiger partial charge in [0.1, 0.15) is 0 Å². The number of hydrogen-bond acceptors (Lipinski definition) is 3. The van der Waals surface area contributed by atoms with Crippen LogP contribution in [0, 0.1) is 0 Å². The first-order chi connectivity index (χ1) is 4.85. The second-order valence-corrected chi connectivity index (χ2v) is 3.23. The molecule has 0 heterocycles. The normalized spacial score (nSPS) is 7.62. The fraction of sp³-hybridized carbons (Fsp3) is 1.00. The van der Waals surface area contributed by atoms with Crippen molar-refractivity contribution >= 4 is 38.2 Å². The van der Waals surface area contributed by atoms with Gasteiger partial charge in [0.25, 0.3) is 0 Å². The zero-order valence-corrected chi connectivity index (χ0v) is 12.5. The average Bonchev–Trinajstić information content (AvgIpc) is 1.90. The van der Waals surface area contributed by atoms with E-state index in [1.807, 2.05) is 20.8 Å².